The topological polar surface area (TPSA) is 106 Å². The van der Waals surface area contributed by atoms with Gasteiger partial charge in [-0.1, -0.05) is 0 Å². The first-order valence-electron chi connectivity index (χ1n) is 6.31. The van der Waals surface area contributed by atoms with E-state index in [0.29, 0.717) is 10.7 Å². The molecule has 0 aliphatic rings. The largest absolute Gasteiger partial charge is 0.453 e. The summed E-state index contributed by atoms with van der Waals surface area (Å²) >= 11 is 1.23. The van der Waals surface area contributed by atoms with Gasteiger partial charge in [0.05, 0.1) is 18.0 Å². The number of aromatic nitrogens is 3. The van der Waals surface area contributed by atoms with E-state index < -0.39 is 24.3 Å². The van der Waals surface area contributed by atoms with Gasteiger partial charge in [0.15, 0.2) is 24.0 Å². The minimum Gasteiger partial charge on any atom is -0.453 e. The minimum absolute atomic E-state index is 0.0111. The summed E-state index contributed by atoms with van der Waals surface area (Å²) in [5.41, 5.74) is 1.41. The summed E-state index contributed by atoms with van der Waals surface area (Å²) in [5, 5.41) is 11.3. The third-order valence-electron chi connectivity index (χ3n) is 2.67. The molecule has 2 rings (SSSR count). The lowest BCUT2D eigenvalue weighted by Gasteiger charge is -2.06. The SMILES string of the molecule is Cc1cnc(C(=O)OCC(=O)[C@@H](C#N)c2nc(C)cs2)cn1. The van der Waals surface area contributed by atoms with Gasteiger partial charge in [-0.15, -0.1) is 11.3 Å². The highest BCUT2D eigenvalue weighted by atomic mass is 32.1. The van der Waals surface area contributed by atoms with Crippen LogP contribution in [0, 0.1) is 25.2 Å². The summed E-state index contributed by atoms with van der Waals surface area (Å²) in [4.78, 5) is 35.6. The second kappa shape index (κ2) is 6.87. The van der Waals surface area contributed by atoms with Gasteiger partial charge < -0.3 is 4.74 Å². The summed E-state index contributed by atoms with van der Waals surface area (Å²) < 4.78 is 4.88. The van der Waals surface area contributed by atoms with E-state index in [0.717, 1.165) is 5.69 Å². The average Bonchev–Trinajstić information content (AvgIpc) is 2.92. The van der Waals surface area contributed by atoms with Gasteiger partial charge in [-0.05, 0) is 13.8 Å². The molecule has 2 aromatic heterocycles. The zero-order valence-corrected chi connectivity index (χ0v) is 12.8. The molecule has 2 heterocycles. The summed E-state index contributed by atoms with van der Waals surface area (Å²) in [6.07, 6.45) is 2.70. The van der Waals surface area contributed by atoms with Crippen LogP contribution in [-0.4, -0.2) is 33.3 Å². The highest BCUT2D eigenvalue weighted by Gasteiger charge is 2.24. The summed E-state index contributed by atoms with van der Waals surface area (Å²) in [6, 6.07) is 1.88. The first-order chi connectivity index (χ1) is 10.5. The number of ketones is 1. The van der Waals surface area contributed by atoms with Crippen molar-refractivity contribution in [2.45, 2.75) is 19.8 Å². The van der Waals surface area contributed by atoms with Crippen molar-refractivity contribution in [1.29, 1.82) is 5.26 Å². The Morgan fingerprint density at radius 2 is 2.09 bits per heavy atom. The lowest BCUT2D eigenvalue weighted by Crippen LogP contribution is -2.20. The van der Waals surface area contributed by atoms with Crippen LogP contribution in [0.3, 0.4) is 0 Å². The van der Waals surface area contributed by atoms with Crippen LogP contribution < -0.4 is 0 Å². The molecule has 0 saturated carbocycles. The van der Waals surface area contributed by atoms with Gasteiger partial charge in [0.25, 0.3) is 0 Å². The minimum atomic E-state index is -1.03. The molecule has 0 unspecified atom stereocenters. The Balaban J connectivity index is 1.98. The predicted octanol–water partition coefficient (Wildman–Crippen LogP) is 1.58. The fourth-order valence-corrected chi connectivity index (χ4v) is 2.42. The monoisotopic (exact) mass is 316 g/mol. The normalized spacial score (nSPS) is 11.5. The molecule has 1 atom stereocenters. The van der Waals surface area contributed by atoms with Crippen molar-refractivity contribution < 1.29 is 14.3 Å². The highest BCUT2D eigenvalue weighted by Crippen LogP contribution is 2.20. The second-order valence-electron chi connectivity index (χ2n) is 4.47. The van der Waals surface area contributed by atoms with Crippen LogP contribution in [0.15, 0.2) is 17.8 Å². The van der Waals surface area contributed by atoms with Crippen molar-refractivity contribution in [3.63, 3.8) is 0 Å². The van der Waals surface area contributed by atoms with Crippen LogP contribution in [0.4, 0.5) is 0 Å². The summed E-state index contributed by atoms with van der Waals surface area (Å²) in [6.45, 7) is 3.00. The Kier molecular flexibility index (Phi) is 4.91. The Bertz CT molecular complexity index is 733. The molecule has 0 bridgehead atoms. The zero-order valence-electron chi connectivity index (χ0n) is 11.9. The van der Waals surface area contributed by atoms with Gasteiger partial charge in [-0.3, -0.25) is 9.78 Å². The van der Waals surface area contributed by atoms with Crippen molar-refractivity contribution in [3.8, 4) is 6.07 Å². The predicted molar refractivity (Wildman–Crippen MR) is 77.3 cm³/mol. The third-order valence-corrected chi connectivity index (χ3v) is 3.70. The van der Waals surface area contributed by atoms with Gasteiger partial charge in [0, 0.05) is 17.3 Å². The van der Waals surface area contributed by atoms with Crippen LogP contribution in [0.1, 0.15) is 32.8 Å². The van der Waals surface area contributed by atoms with E-state index in [9.17, 15) is 9.59 Å². The number of esters is 1. The Labute approximate surface area is 130 Å². The van der Waals surface area contributed by atoms with Gasteiger partial charge in [-0.2, -0.15) is 5.26 Å². The number of Topliss-reactive ketones (excluding diaryl/α,β-unsaturated/α-hetero) is 1. The summed E-state index contributed by atoms with van der Waals surface area (Å²) in [7, 11) is 0. The number of hydrogen-bond acceptors (Lipinski definition) is 8. The smallest absolute Gasteiger partial charge is 0.358 e. The highest BCUT2D eigenvalue weighted by molar-refractivity contribution is 7.09. The Morgan fingerprint density at radius 1 is 1.32 bits per heavy atom. The average molecular weight is 316 g/mol. The zero-order chi connectivity index (χ0) is 16.1. The van der Waals surface area contributed by atoms with Crippen molar-refractivity contribution in [3.05, 3.63) is 39.9 Å². The van der Waals surface area contributed by atoms with Crippen LogP contribution in [-0.2, 0) is 9.53 Å². The van der Waals surface area contributed by atoms with Crippen molar-refractivity contribution in [2.24, 2.45) is 0 Å². The molecular weight excluding hydrogens is 304 g/mol. The maximum Gasteiger partial charge on any atom is 0.358 e. The fourth-order valence-electron chi connectivity index (χ4n) is 1.56. The number of rotatable bonds is 5. The maximum atomic E-state index is 12.0. The van der Waals surface area contributed by atoms with Crippen LogP contribution >= 0.6 is 11.3 Å². The molecule has 22 heavy (non-hydrogen) atoms. The summed E-state index contributed by atoms with van der Waals surface area (Å²) in [5.74, 6) is -2.31. The first kappa shape index (κ1) is 15.7. The van der Waals surface area contributed by atoms with E-state index in [2.05, 4.69) is 15.0 Å². The quantitative estimate of drug-likeness (QED) is 0.771. The molecular formula is C14H12N4O3S. The van der Waals surface area contributed by atoms with E-state index in [1.54, 1.807) is 19.2 Å². The fraction of sp³-hybridized carbons (Fsp3) is 0.286. The van der Waals surface area contributed by atoms with E-state index >= 15 is 0 Å². The van der Waals surface area contributed by atoms with Gasteiger partial charge in [0.2, 0.25) is 0 Å². The number of hydrogen-bond donors (Lipinski definition) is 0. The molecule has 0 aliphatic carbocycles. The lowest BCUT2D eigenvalue weighted by atomic mass is 10.1. The number of thiazole rings is 1. The Morgan fingerprint density at radius 3 is 2.64 bits per heavy atom. The van der Waals surface area contributed by atoms with Gasteiger partial charge in [-0.25, -0.2) is 14.8 Å². The molecule has 0 radical (unpaired) electrons. The van der Waals surface area contributed by atoms with Gasteiger partial charge >= 0.3 is 5.97 Å². The number of carbonyl (C=O) groups excluding carboxylic acids is 2. The second-order valence-corrected chi connectivity index (χ2v) is 5.36. The molecule has 0 spiro atoms. The van der Waals surface area contributed by atoms with Crippen LogP contribution in [0.2, 0.25) is 0 Å². The van der Waals surface area contributed by atoms with Gasteiger partial charge in [0.1, 0.15) is 5.01 Å². The molecule has 2 aromatic rings. The third kappa shape index (κ3) is 3.71. The number of nitriles is 1. The molecule has 0 N–H and O–H groups in total. The Hall–Kier alpha value is -2.66. The van der Waals surface area contributed by atoms with Crippen molar-refractivity contribution >= 4 is 23.1 Å². The van der Waals surface area contributed by atoms with Crippen molar-refractivity contribution in [2.75, 3.05) is 6.61 Å². The van der Waals surface area contributed by atoms with E-state index in [1.165, 1.54) is 23.7 Å². The first-order valence-corrected chi connectivity index (χ1v) is 7.19. The molecule has 0 amide bonds. The van der Waals surface area contributed by atoms with E-state index in [-0.39, 0.29) is 5.69 Å². The molecule has 8 heteroatoms. The van der Waals surface area contributed by atoms with Crippen LogP contribution in [0.25, 0.3) is 0 Å². The number of carbonyl (C=O) groups is 2. The molecule has 0 saturated heterocycles. The van der Waals surface area contributed by atoms with Crippen LogP contribution in [0.5, 0.6) is 0 Å². The number of nitrogens with zero attached hydrogens (tertiary/aromatic N) is 4. The molecule has 7 nitrogen and oxygen atoms in total. The van der Waals surface area contributed by atoms with Crippen molar-refractivity contribution in [1.82, 2.24) is 15.0 Å². The lowest BCUT2D eigenvalue weighted by molar-refractivity contribution is -0.122. The molecule has 112 valence electrons. The molecule has 0 fully saturated rings. The number of aryl methyl sites for hydroxylation is 2. The number of ether oxygens (including phenoxy) is 1. The maximum absolute atomic E-state index is 12.0. The van der Waals surface area contributed by atoms with E-state index in [1.807, 2.05) is 6.07 Å². The molecule has 0 aromatic carbocycles. The molecule has 0 aliphatic heterocycles. The van der Waals surface area contributed by atoms with E-state index in [4.69, 9.17) is 10.00 Å². The standard InChI is InChI=1S/C14H12N4O3S/c1-8-4-17-11(5-16-8)14(20)21-6-12(19)10(3-15)13-18-9(2)7-22-13/h4-5,7,10H,6H2,1-2H3/t10-/m1/s1.